The number of amides is 1. The van der Waals surface area contributed by atoms with E-state index in [2.05, 4.69) is 45.1 Å². The molecule has 0 radical (unpaired) electrons. The van der Waals surface area contributed by atoms with Gasteiger partial charge in [0.25, 0.3) is 5.91 Å². The van der Waals surface area contributed by atoms with E-state index in [0.29, 0.717) is 23.7 Å². The molecule has 3 rings (SSSR count). The topological polar surface area (TPSA) is 85.1 Å². The van der Waals surface area contributed by atoms with Crippen LogP contribution in [0.3, 0.4) is 0 Å². The van der Waals surface area contributed by atoms with E-state index in [-0.39, 0.29) is 5.91 Å². The SMILES string of the molecule is CC(C)c1nc(CCNC(=O)c2ccn3nnnc3c2)cs1. The van der Waals surface area contributed by atoms with Gasteiger partial charge in [-0.15, -0.1) is 16.4 Å². The normalized spacial score (nSPS) is 11.2. The van der Waals surface area contributed by atoms with Crippen molar-refractivity contribution in [3.05, 3.63) is 40.0 Å². The minimum Gasteiger partial charge on any atom is -0.352 e. The predicted octanol–water partition coefficient (Wildman–Crippen LogP) is 1.68. The van der Waals surface area contributed by atoms with E-state index in [1.165, 1.54) is 4.52 Å². The van der Waals surface area contributed by atoms with Crippen LogP contribution in [-0.2, 0) is 6.42 Å². The van der Waals surface area contributed by atoms with Crippen LogP contribution in [0.25, 0.3) is 5.65 Å². The molecule has 3 heterocycles. The molecule has 114 valence electrons. The number of aromatic nitrogens is 5. The molecule has 0 aliphatic rings. The Kier molecular flexibility index (Phi) is 4.10. The second-order valence-electron chi connectivity index (χ2n) is 5.23. The third kappa shape index (κ3) is 3.11. The molecule has 0 spiro atoms. The van der Waals surface area contributed by atoms with Gasteiger partial charge in [0.05, 0.1) is 10.7 Å². The molecule has 1 N–H and O–H groups in total. The summed E-state index contributed by atoms with van der Waals surface area (Å²) >= 11 is 1.67. The lowest BCUT2D eigenvalue weighted by atomic mass is 10.2. The zero-order chi connectivity index (χ0) is 15.5. The maximum absolute atomic E-state index is 12.1. The van der Waals surface area contributed by atoms with E-state index in [1.807, 2.05) is 0 Å². The molecule has 0 saturated carbocycles. The van der Waals surface area contributed by atoms with Gasteiger partial charge in [0.15, 0.2) is 5.65 Å². The molecule has 7 nitrogen and oxygen atoms in total. The maximum atomic E-state index is 12.1. The molecule has 0 unspecified atom stereocenters. The number of hydrogen-bond donors (Lipinski definition) is 1. The Labute approximate surface area is 131 Å². The third-order valence-electron chi connectivity index (χ3n) is 3.19. The van der Waals surface area contributed by atoms with E-state index >= 15 is 0 Å². The first-order valence-electron chi connectivity index (χ1n) is 7.04. The number of thiazole rings is 1. The van der Waals surface area contributed by atoms with Crippen LogP contribution in [0.2, 0.25) is 0 Å². The molecule has 3 aromatic rings. The average molecular weight is 316 g/mol. The standard InChI is InChI=1S/C14H16N6OS/c1-9(2)14-16-11(8-22-14)3-5-15-13(21)10-4-6-20-12(7-10)17-18-19-20/h4,6-9H,3,5H2,1-2H3,(H,15,21). The summed E-state index contributed by atoms with van der Waals surface area (Å²) in [6.07, 6.45) is 2.39. The Balaban J connectivity index is 1.57. The van der Waals surface area contributed by atoms with Gasteiger partial charge in [0.1, 0.15) is 0 Å². The number of tetrazole rings is 1. The highest BCUT2D eigenvalue weighted by molar-refractivity contribution is 7.09. The Morgan fingerprint density at radius 1 is 1.45 bits per heavy atom. The number of rotatable bonds is 5. The van der Waals surface area contributed by atoms with E-state index in [1.54, 1.807) is 29.7 Å². The summed E-state index contributed by atoms with van der Waals surface area (Å²) < 4.78 is 1.51. The lowest BCUT2D eigenvalue weighted by molar-refractivity contribution is 0.0954. The molecule has 0 aliphatic carbocycles. The second kappa shape index (κ2) is 6.18. The number of carbonyl (C=O) groups is 1. The van der Waals surface area contributed by atoms with Crippen molar-refractivity contribution in [2.45, 2.75) is 26.2 Å². The molecule has 0 bridgehead atoms. The maximum Gasteiger partial charge on any atom is 0.251 e. The van der Waals surface area contributed by atoms with Gasteiger partial charge in [0, 0.05) is 36.0 Å². The lowest BCUT2D eigenvalue weighted by Gasteiger charge is -2.04. The molecule has 3 aromatic heterocycles. The van der Waals surface area contributed by atoms with Crippen LogP contribution in [0, 0.1) is 0 Å². The molecular weight excluding hydrogens is 300 g/mol. The molecule has 0 atom stereocenters. The van der Waals surface area contributed by atoms with Crippen molar-refractivity contribution in [2.75, 3.05) is 6.54 Å². The fourth-order valence-electron chi connectivity index (χ4n) is 1.99. The van der Waals surface area contributed by atoms with Crippen molar-refractivity contribution in [2.24, 2.45) is 0 Å². The molecule has 0 fully saturated rings. The second-order valence-corrected chi connectivity index (χ2v) is 6.12. The van der Waals surface area contributed by atoms with Gasteiger partial charge in [-0.05, 0) is 22.6 Å². The number of nitrogens with one attached hydrogen (secondary N) is 1. The van der Waals surface area contributed by atoms with Crippen LogP contribution in [0.5, 0.6) is 0 Å². The quantitative estimate of drug-likeness (QED) is 0.774. The molecule has 1 amide bonds. The molecule has 0 aliphatic heterocycles. The fourth-order valence-corrected chi connectivity index (χ4v) is 2.86. The highest BCUT2D eigenvalue weighted by atomic mass is 32.1. The van der Waals surface area contributed by atoms with Gasteiger partial charge < -0.3 is 5.32 Å². The largest absolute Gasteiger partial charge is 0.352 e. The van der Waals surface area contributed by atoms with E-state index in [0.717, 1.165) is 17.1 Å². The fraction of sp³-hybridized carbons (Fsp3) is 0.357. The first kappa shape index (κ1) is 14.6. The Bertz CT molecular complexity index is 793. The number of hydrogen-bond acceptors (Lipinski definition) is 6. The van der Waals surface area contributed by atoms with Crippen LogP contribution in [-0.4, -0.2) is 37.5 Å². The minimum absolute atomic E-state index is 0.134. The summed E-state index contributed by atoms with van der Waals surface area (Å²) in [6, 6.07) is 3.35. The van der Waals surface area contributed by atoms with Gasteiger partial charge >= 0.3 is 0 Å². The van der Waals surface area contributed by atoms with Crippen molar-refractivity contribution in [3.63, 3.8) is 0 Å². The summed E-state index contributed by atoms with van der Waals surface area (Å²) in [5.74, 6) is 0.307. The number of carbonyl (C=O) groups excluding carboxylic acids is 1. The van der Waals surface area contributed by atoms with Crippen LogP contribution in [0.4, 0.5) is 0 Å². The van der Waals surface area contributed by atoms with Gasteiger partial charge in [-0.2, -0.15) is 0 Å². The zero-order valence-corrected chi connectivity index (χ0v) is 13.2. The molecule has 22 heavy (non-hydrogen) atoms. The molecule has 0 aromatic carbocycles. The molecule has 8 heteroatoms. The summed E-state index contributed by atoms with van der Waals surface area (Å²) in [5, 5.41) is 17.2. The smallest absolute Gasteiger partial charge is 0.251 e. The Morgan fingerprint density at radius 2 is 2.32 bits per heavy atom. The summed E-state index contributed by atoms with van der Waals surface area (Å²) in [4.78, 5) is 16.7. The first-order chi connectivity index (χ1) is 10.6. The third-order valence-corrected chi connectivity index (χ3v) is 4.38. The van der Waals surface area contributed by atoms with Crippen molar-refractivity contribution in [3.8, 4) is 0 Å². The number of pyridine rings is 1. The van der Waals surface area contributed by atoms with E-state index in [9.17, 15) is 4.79 Å². The molecular formula is C14H16N6OS. The van der Waals surface area contributed by atoms with Crippen LogP contribution in [0.1, 0.15) is 40.8 Å². The molecule has 0 saturated heterocycles. The van der Waals surface area contributed by atoms with Gasteiger partial charge in [-0.25, -0.2) is 9.50 Å². The summed E-state index contributed by atoms with van der Waals surface area (Å²) in [7, 11) is 0. The van der Waals surface area contributed by atoms with Crippen LogP contribution in [0.15, 0.2) is 23.7 Å². The van der Waals surface area contributed by atoms with Crippen LogP contribution < -0.4 is 5.32 Å². The first-order valence-corrected chi connectivity index (χ1v) is 7.91. The summed E-state index contributed by atoms with van der Waals surface area (Å²) in [5.41, 5.74) is 2.11. The Morgan fingerprint density at radius 3 is 3.09 bits per heavy atom. The van der Waals surface area contributed by atoms with Crippen LogP contribution >= 0.6 is 11.3 Å². The van der Waals surface area contributed by atoms with Gasteiger partial charge in [-0.1, -0.05) is 13.8 Å². The highest BCUT2D eigenvalue weighted by Crippen LogP contribution is 2.19. The van der Waals surface area contributed by atoms with E-state index < -0.39 is 0 Å². The van der Waals surface area contributed by atoms with Crippen molar-refractivity contribution >= 4 is 22.9 Å². The van der Waals surface area contributed by atoms with E-state index in [4.69, 9.17) is 0 Å². The van der Waals surface area contributed by atoms with Crippen molar-refractivity contribution in [1.82, 2.24) is 30.3 Å². The zero-order valence-electron chi connectivity index (χ0n) is 12.4. The lowest BCUT2D eigenvalue weighted by Crippen LogP contribution is -2.25. The van der Waals surface area contributed by atoms with Gasteiger partial charge in [0.2, 0.25) is 0 Å². The van der Waals surface area contributed by atoms with Crippen molar-refractivity contribution in [1.29, 1.82) is 0 Å². The predicted molar refractivity (Wildman–Crippen MR) is 83.0 cm³/mol. The monoisotopic (exact) mass is 316 g/mol. The minimum atomic E-state index is -0.134. The number of fused-ring (bicyclic) bond motifs is 1. The van der Waals surface area contributed by atoms with Gasteiger partial charge in [-0.3, -0.25) is 4.79 Å². The Hall–Kier alpha value is -2.35. The highest BCUT2D eigenvalue weighted by Gasteiger charge is 2.09. The van der Waals surface area contributed by atoms with Crippen molar-refractivity contribution < 1.29 is 4.79 Å². The summed E-state index contributed by atoms with van der Waals surface area (Å²) in [6.45, 7) is 4.80. The number of nitrogens with zero attached hydrogens (tertiary/aromatic N) is 5. The average Bonchev–Trinajstić information content (AvgIpc) is 3.15.